The molecule has 1 aromatic heterocycles. The number of aliphatic hydroxyl groups excluding tert-OH is 1. The van der Waals surface area contributed by atoms with Gasteiger partial charge < -0.3 is 19.1 Å². The fourth-order valence-electron chi connectivity index (χ4n) is 3.49. The highest BCUT2D eigenvalue weighted by molar-refractivity contribution is 7.52. The minimum atomic E-state index is -4.38. The summed E-state index contributed by atoms with van der Waals surface area (Å²) in [7, 11) is -3.26. The number of hydrogen-bond acceptors (Lipinski definition) is 10. The van der Waals surface area contributed by atoms with Crippen molar-refractivity contribution in [1.82, 2.24) is 14.6 Å². The number of H-pyrrole nitrogens is 1. The fraction of sp³-hybridized carbons (Fsp3) is 0.429. The van der Waals surface area contributed by atoms with Crippen LogP contribution in [0.4, 0.5) is 4.39 Å². The van der Waals surface area contributed by atoms with Gasteiger partial charge in [0.2, 0.25) is 0 Å². The van der Waals surface area contributed by atoms with Crippen molar-refractivity contribution < 1.29 is 37.4 Å². The van der Waals surface area contributed by atoms with E-state index in [0.717, 1.165) is 36.1 Å². The Morgan fingerprint density at radius 3 is 2.64 bits per heavy atom. The lowest BCUT2D eigenvalue weighted by Crippen LogP contribution is -2.41. The van der Waals surface area contributed by atoms with Crippen molar-refractivity contribution in [3.63, 3.8) is 0 Å². The van der Waals surface area contributed by atoms with Gasteiger partial charge in [-0.3, -0.25) is 23.7 Å². The maximum Gasteiger partial charge on any atom is 0.459 e. The Hall–Kier alpha value is -3.34. The first-order valence-corrected chi connectivity index (χ1v) is 12.1. The summed E-state index contributed by atoms with van der Waals surface area (Å²) in [5.41, 5.74) is -3.22. The highest BCUT2D eigenvalue weighted by atomic mass is 31.2. The third kappa shape index (κ3) is 5.72. The second kappa shape index (κ2) is 10.7. The Kier molecular flexibility index (Phi) is 8.12. The average molecular weight is 526 g/mol. The SMILES string of the molecule is COC(=O)[C@H](C)NP(=O)(OC[C@H]1O[C@@H](n2ccc(=O)[nH]c2=O)[C@](C)(C#N)C1O)Oc1ccc(F)cc1. The standard InChI is InChI=1S/C21H24FN4O9P/c1-12(18(29)32-3)25-36(31,35-14-6-4-13(22)5-7-14)33-10-15-17(28)21(2,11-23)19(34-15)26-9-8-16(27)24-20(26)30/h4-9,12,15,17,19,28H,10H2,1-3H3,(H,25,31)(H,24,27,30)/t12-,15+,17?,19+,21+,36?/m0/s1. The summed E-state index contributed by atoms with van der Waals surface area (Å²) in [6.45, 7) is 2.06. The second-order valence-electron chi connectivity index (χ2n) is 8.10. The van der Waals surface area contributed by atoms with E-state index in [9.17, 15) is 33.7 Å². The molecule has 0 saturated carbocycles. The molecule has 194 valence electrons. The smallest absolute Gasteiger partial charge is 0.459 e. The van der Waals surface area contributed by atoms with Gasteiger partial charge in [-0.25, -0.2) is 13.8 Å². The van der Waals surface area contributed by atoms with Gasteiger partial charge in [-0.05, 0) is 38.1 Å². The number of ether oxygens (including phenoxy) is 2. The number of aliphatic hydroxyl groups is 1. The van der Waals surface area contributed by atoms with Gasteiger partial charge in [0.05, 0.1) is 19.8 Å². The van der Waals surface area contributed by atoms with Crippen molar-refractivity contribution >= 4 is 13.7 Å². The van der Waals surface area contributed by atoms with Crippen LogP contribution >= 0.6 is 7.75 Å². The van der Waals surface area contributed by atoms with E-state index in [2.05, 4.69) is 9.82 Å². The molecule has 36 heavy (non-hydrogen) atoms. The Balaban J connectivity index is 1.85. The van der Waals surface area contributed by atoms with Gasteiger partial charge in [-0.1, -0.05) is 0 Å². The van der Waals surface area contributed by atoms with Gasteiger partial charge in [0.1, 0.15) is 35.2 Å². The number of nitrogens with one attached hydrogen (secondary N) is 2. The molecule has 0 radical (unpaired) electrons. The van der Waals surface area contributed by atoms with Crippen molar-refractivity contribution in [2.24, 2.45) is 5.41 Å². The lowest BCUT2D eigenvalue weighted by Gasteiger charge is -2.26. The largest absolute Gasteiger partial charge is 0.468 e. The van der Waals surface area contributed by atoms with Gasteiger partial charge in [-0.15, -0.1) is 0 Å². The van der Waals surface area contributed by atoms with Gasteiger partial charge in [-0.2, -0.15) is 10.3 Å². The van der Waals surface area contributed by atoms with Crippen LogP contribution in [0.5, 0.6) is 5.75 Å². The topological polar surface area (TPSA) is 182 Å². The van der Waals surface area contributed by atoms with Crippen molar-refractivity contribution in [2.75, 3.05) is 13.7 Å². The fourth-order valence-corrected chi connectivity index (χ4v) is 5.00. The van der Waals surface area contributed by atoms with Gasteiger partial charge in [0, 0.05) is 12.3 Å². The number of aromatic nitrogens is 2. The van der Waals surface area contributed by atoms with Crippen molar-refractivity contribution in [2.45, 2.75) is 38.3 Å². The van der Waals surface area contributed by atoms with E-state index in [-0.39, 0.29) is 5.75 Å². The molecule has 0 aliphatic carbocycles. The van der Waals surface area contributed by atoms with E-state index in [4.69, 9.17) is 13.8 Å². The minimum Gasteiger partial charge on any atom is -0.468 e. The predicted molar refractivity (Wildman–Crippen MR) is 120 cm³/mol. The molecule has 1 saturated heterocycles. The predicted octanol–water partition coefficient (Wildman–Crippen LogP) is 0.819. The highest BCUT2D eigenvalue weighted by Gasteiger charge is 2.55. The maximum atomic E-state index is 13.5. The zero-order chi connectivity index (χ0) is 26.7. The van der Waals surface area contributed by atoms with Crippen LogP contribution in [-0.2, 0) is 23.4 Å². The van der Waals surface area contributed by atoms with Gasteiger partial charge >= 0.3 is 19.4 Å². The molecule has 0 amide bonds. The number of halogens is 1. The minimum absolute atomic E-state index is 0.0586. The van der Waals surface area contributed by atoms with Crippen LogP contribution in [-0.4, -0.2) is 52.6 Å². The van der Waals surface area contributed by atoms with Crippen LogP contribution < -0.4 is 20.9 Å². The summed E-state index contributed by atoms with van der Waals surface area (Å²) in [6.07, 6.45) is -3.06. The molecular weight excluding hydrogens is 502 g/mol. The van der Waals surface area contributed by atoms with Crippen LogP contribution in [0.1, 0.15) is 20.1 Å². The quantitative estimate of drug-likeness (QED) is 0.311. The molecule has 1 aliphatic heterocycles. The summed E-state index contributed by atoms with van der Waals surface area (Å²) >= 11 is 0. The molecule has 1 aliphatic rings. The number of hydrogen-bond donors (Lipinski definition) is 3. The summed E-state index contributed by atoms with van der Waals surface area (Å²) in [5.74, 6) is -1.42. The zero-order valence-corrected chi connectivity index (χ0v) is 20.3. The van der Waals surface area contributed by atoms with Crippen molar-refractivity contribution in [1.29, 1.82) is 5.26 Å². The number of benzene rings is 1. The summed E-state index contributed by atoms with van der Waals surface area (Å²) in [6, 6.07) is 6.27. The van der Waals surface area contributed by atoms with E-state index in [1.807, 2.05) is 11.1 Å². The molecule has 2 unspecified atom stereocenters. The lowest BCUT2D eigenvalue weighted by atomic mass is 9.84. The Morgan fingerprint density at radius 2 is 2.06 bits per heavy atom. The molecule has 3 N–H and O–H groups in total. The monoisotopic (exact) mass is 526 g/mol. The number of carbonyl (C=O) groups excluding carboxylic acids is 1. The van der Waals surface area contributed by atoms with Crippen LogP contribution in [0.3, 0.4) is 0 Å². The van der Waals surface area contributed by atoms with Crippen molar-refractivity contribution in [3.8, 4) is 11.8 Å². The van der Waals surface area contributed by atoms with E-state index < -0.39 is 67.3 Å². The highest BCUT2D eigenvalue weighted by Crippen LogP contribution is 2.48. The third-order valence-corrected chi connectivity index (χ3v) is 7.13. The number of carbonyl (C=O) groups is 1. The Bertz CT molecular complexity index is 1310. The molecule has 1 aromatic carbocycles. The second-order valence-corrected chi connectivity index (χ2v) is 9.79. The number of esters is 1. The van der Waals surface area contributed by atoms with Crippen LogP contribution in [0.15, 0.2) is 46.1 Å². The number of nitrogens with zero attached hydrogens (tertiary/aromatic N) is 2. The summed E-state index contributed by atoms with van der Waals surface area (Å²) in [4.78, 5) is 37.6. The van der Waals surface area contributed by atoms with Crippen LogP contribution in [0.25, 0.3) is 0 Å². The molecule has 3 rings (SSSR count). The normalized spacial score (nSPS) is 25.9. The molecule has 1 fully saturated rings. The first-order valence-electron chi connectivity index (χ1n) is 10.5. The van der Waals surface area contributed by atoms with Crippen molar-refractivity contribution in [3.05, 3.63) is 63.2 Å². The Morgan fingerprint density at radius 1 is 1.39 bits per heavy atom. The van der Waals surface area contributed by atoms with E-state index in [1.165, 1.54) is 26.0 Å². The lowest BCUT2D eigenvalue weighted by molar-refractivity contribution is -0.142. The number of methoxy groups -OCH3 is 1. The summed E-state index contributed by atoms with van der Waals surface area (Å²) in [5, 5.41) is 23.0. The molecule has 0 bridgehead atoms. The molecule has 2 aromatic rings. The van der Waals surface area contributed by atoms with Crippen LogP contribution in [0, 0.1) is 22.6 Å². The average Bonchev–Trinajstić information content (AvgIpc) is 3.09. The molecule has 15 heteroatoms. The molecule has 0 spiro atoms. The van der Waals surface area contributed by atoms with E-state index in [1.54, 1.807) is 0 Å². The molecule has 13 nitrogen and oxygen atoms in total. The third-order valence-electron chi connectivity index (χ3n) is 5.48. The zero-order valence-electron chi connectivity index (χ0n) is 19.4. The summed E-state index contributed by atoms with van der Waals surface area (Å²) < 4.78 is 48.8. The van der Waals surface area contributed by atoms with Gasteiger partial charge in [0.25, 0.3) is 5.56 Å². The maximum absolute atomic E-state index is 13.5. The number of aromatic amines is 1. The van der Waals surface area contributed by atoms with E-state index >= 15 is 0 Å². The molecular formula is C21H24FN4O9P. The van der Waals surface area contributed by atoms with Gasteiger partial charge in [0.15, 0.2) is 6.23 Å². The first-order chi connectivity index (χ1) is 16.9. The molecule has 2 heterocycles. The molecule has 6 atom stereocenters. The number of rotatable bonds is 9. The Labute approximate surface area is 204 Å². The van der Waals surface area contributed by atoms with E-state index in [0.29, 0.717) is 0 Å². The first kappa shape index (κ1) is 27.3. The van der Waals surface area contributed by atoms with Crippen LogP contribution in [0.2, 0.25) is 0 Å². The number of nitriles is 1.